The molecule has 0 spiro atoms. The SMILES string of the molecule is COC(=O)[C@]1(C(F)(F)F)CC[C@@H](N)C1.Cl. The molecule has 2 N–H and O–H groups in total. The molecular weight excluding hydrogens is 235 g/mol. The predicted molar refractivity (Wildman–Crippen MR) is 49.6 cm³/mol. The summed E-state index contributed by atoms with van der Waals surface area (Å²) in [6.07, 6.45) is -5.02. The smallest absolute Gasteiger partial charge is 0.404 e. The first-order valence-electron chi connectivity index (χ1n) is 4.24. The maximum atomic E-state index is 12.7. The third-order valence-electron chi connectivity index (χ3n) is 2.67. The summed E-state index contributed by atoms with van der Waals surface area (Å²) < 4.78 is 42.2. The van der Waals surface area contributed by atoms with Crippen molar-refractivity contribution in [1.29, 1.82) is 0 Å². The number of alkyl halides is 3. The lowest BCUT2D eigenvalue weighted by molar-refractivity contribution is -0.231. The van der Waals surface area contributed by atoms with Crippen LogP contribution in [0.3, 0.4) is 0 Å². The number of ether oxygens (including phenoxy) is 1. The van der Waals surface area contributed by atoms with E-state index < -0.39 is 23.6 Å². The van der Waals surface area contributed by atoms with Crippen LogP contribution < -0.4 is 5.73 Å². The molecule has 1 fully saturated rings. The number of esters is 1. The van der Waals surface area contributed by atoms with Gasteiger partial charge in [0, 0.05) is 6.04 Å². The normalized spacial score (nSPS) is 30.9. The lowest BCUT2D eigenvalue weighted by Gasteiger charge is -2.28. The molecule has 0 amide bonds. The zero-order valence-electron chi connectivity index (χ0n) is 8.13. The molecule has 0 aromatic carbocycles. The maximum absolute atomic E-state index is 12.7. The van der Waals surface area contributed by atoms with Gasteiger partial charge in [-0.05, 0) is 19.3 Å². The van der Waals surface area contributed by atoms with Crippen molar-refractivity contribution in [3.05, 3.63) is 0 Å². The van der Waals surface area contributed by atoms with E-state index in [1.54, 1.807) is 0 Å². The number of methoxy groups -OCH3 is 1. The van der Waals surface area contributed by atoms with Crippen molar-refractivity contribution in [3.63, 3.8) is 0 Å². The first-order valence-corrected chi connectivity index (χ1v) is 4.24. The molecule has 1 rings (SSSR count). The van der Waals surface area contributed by atoms with Crippen molar-refractivity contribution >= 4 is 18.4 Å². The molecule has 1 saturated carbocycles. The number of halogens is 4. The molecule has 7 heteroatoms. The summed E-state index contributed by atoms with van der Waals surface area (Å²) >= 11 is 0. The number of hydrogen-bond acceptors (Lipinski definition) is 3. The minimum atomic E-state index is -4.58. The van der Waals surface area contributed by atoms with Gasteiger partial charge < -0.3 is 10.5 Å². The first-order chi connectivity index (χ1) is 6.33. The Bertz CT molecular complexity index is 247. The average molecular weight is 248 g/mol. The van der Waals surface area contributed by atoms with Gasteiger partial charge in [-0.1, -0.05) is 0 Å². The molecule has 15 heavy (non-hydrogen) atoms. The van der Waals surface area contributed by atoms with E-state index in [-0.39, 0.29) is 31.7 Å². The topological polar surface area (TPSA) is 52.3 Å². The molecule has 90 valence electrons. The van der Waals surface area contributed by atoms with Gasteiger partial charge in [0.2, 0.25) is 0 Å². The van der Waals surface area contributed by atoms with Gasteiger partial charge >= 0.3 is 12.1 Å². The van der Waals surface area contributed by atoms with E-state index in [9.17, 15) is 18.0 Å². The third-order valence-corrected chi connectivity index (χ3v) is 2.67. The van der Waals surface area contributed by atoms with E-state index >= 15 is 0 Å². The van der Waals surface area contributed by atoms with Crippen LogP contribution in [-0.4, -0.2) is 25.3 Å². The summed E-state index contributed by atoms with van der Waals surface area (Å²) in [5.74, 6) is -1.22. The summed E-state index contributed by atoms with van der Waals surface area (Å²) in [5.41, 5.74) is 3.02. The number of hydrogen-bond donors (Lipinski definition) is 1. The van der Waals surface area contributed by atoms with E-state index in [2.05, 4.69) is 4.74 Å². The highest BCUT2D eigenvalue weighted by Crippen LogP contribution is 2.50. The van der Waals surface area contributed by atoms with Gasteiger partial charge in [0.15, 0.2) is 5.41 Å². The molecule has 2 atom stereocenters. The quantitative estimate of drug-likeness (QED) is 0.717. The Morgan fingerprint density at radius 3 is 2.33 bits per heavy atom. The van der Waals surface area contributed by atoms with Gasteiger partial charge in [-0.15, -0.1) is 12.4 Å². The fourth-order valence-corrected chi connectivity index (χ4v) is 1.84. The van der Waals surface area contributed by atoms with Crippen molar-refractivity contribution in [2.24, 2.45) is 11.1 Å². The second-order valence-electron chi connectivity index (χ2n) is 3.57. The van der Waals surface area contributed by atoms with Gasteiger partial charge in [-0.25, -0.2) is 0 Å². The van der Waals surface area contributed by atoms with Crippen LogP contribution in [0.25, 0.3) is 0 Å². The molecule has 1 aliphatic rings. The number of carbonyl (C=O) groups excluding carboxylic acids is 1. The minimum absolute atomic E-state index is 0. The molecule has 0 bridgehead atoms. The highest BCUT2D eigenvalue weighted by molar-refractivity contribution is 5.85. The van der Waals surface area contributed by atoms with E-state index in [0.29, 0.717) is 0 Å². The fraction of sp³-hybridized carbons (Fsp3) is 0.875. The zero-order valence-corrected chi connectivity index (χ0v) is 8.95. The highest BCUT2D eigenvalue weighted by Gasteiger charge is 2.63. The molecular formula is C8H13ClF3NO2. The Kier molecular flexibility index (Phi) is 4.42. The third kappa shape index (κ3) is 2.36. The van der Waals surface area contributed by atoms with Crippen LogP contribution in [0.4, 0.5) is 13.2 Å². The predicted octanol–water partition coefficient (Wildman–Crippen LogP) is 1.64. The van der Waals surface area contributed by atoms with Crippen molar-refractivity contribution in [1.82, 2.24) is 0 Å². The fourth-order valence-electron chi connectivity index (χ4n) is 1.84. The largest absolute Gasteiger partial charge is 0.468 e. The maximum Gasteiger partial charge on any atom is 0.404 e. The molecule has 0 radical (unpaired) electrons. The lowest BCUT2D eigenvalue weighted by Crippen LogP contribution is -2.44. The highest BCUT2D eigenvalue weighted by atomic mass is 35.5. The molecule has 0 heterocycles. The molecule has 0 unspecified atom stereocenters. The van der Waals surface area contributed by atoms with Crippen molar-refractivity contribution in [2.45, 2.75) is 31.5 Å². The average Bonchev–Trinajstić information content (AvgIpc) is 2.46. The Labute approximate surface area is 91.6 Å². The summed E-state index contributed by atoms with van der Waals surface area (Å²) in [5, 5.41) is 0. The Morgan fingerprint density at radius 1 is 1.53 bits per heavy atom. The van der Waals surface area contributed by atoms with Crippen LogP contribution in [-0.2, 0) is 9.53 Å². The van der Waals surface area contributed by atoms with E-state index in [0.717, 1.165) is 7.11 Å². The van der Waals surface area contributed by atoms with Crippen molar-refractivity contribution in [2.75, 3.05) is 7.11 Å². The summed E-state index contributed by atoms with van der Waals surface area (Å²) in [4.78, 5) is 11.1. The van der Waals surface area contributed by atoms with Crippen LogP contribution in [0.5, 0.6) is 0 Å². The van der Waals surface area contributed by atoms with Gasteiger partial charge in [0.1, 0.15) is 0 Å². The van der Waals surface area contributed by atoms with Crippen molar-refractivity contribution < 1.29 is 22.7 Å². The van der Waals surface area contributed by atoms with Gasteiger partial charge in [0.25, 0.3) is 0 Å². The zero-order chi connectivity index (χ0) is 11.0. The van der Waals surface area contributed by atoms with Gasteiger partial charge in [-0.2, -0.15) is 13.2 Å². The second-order valence-corrected chi connectivity index (χ2v) is 3.57. The van der Waals surface area contributed by atoms with Crippen LogP contribution in [0, 0.1) is 5.41 Å². The summed E-state index contributed by atoms with van der Waals surface area (Å²) in [7, 11) is 0.958. The molecule has 0 saturated heterocycles. The van der Waals surface area contributed by atoms with Crippen LogP contribution in [0.1, 0.15) is 19.3 Å². The lowest BCUT2D eigenvalue weighted by atomic mass is 9.85. The molecule has 3 nitrogen and oxygen atoms in total. The second kappa shape index (κ2) is 4.57. The number of carbonyl (C=O) groups is 1. The molecule has 0 aromatic rings. The van der Waals surface area contributed by atoms with Crippen LogP contribution in [0.2, 0.25) is 0 Å². The summed E-state index contributed by atoms with van der Waals surface area (Å²) in [6, 6.07) is -0.573. The standard InChI is InChI=1S/C8H12F3NO2.ClH/c1-14-6(13)7(8(9,10)11)3-2-5(12)4-7;/h5H,2-4,12H2,1H3;1H/t5-,7+;/m1./s1. The van der Waals surface area contributed by atoms with E-state index in [4.69, 9.17) is 5.73 Å². The minimum Gasteiger partial charge on any atom is -0.468 e. The van der Waals surface area contributed by atoms with Crippen LogP contribution in [0.15, 0.2) is 0 Å². The van der Waals surface area contributed by atoms with Crippen molar-refractivity contribution in [3.8, 4) is 0 Å². The van der Waals surface area contributed by atoms with Gasteiger partial charge in [0.05, 0.1) is 7.11 Å². The Hall–Kier alpha value is -0.490. The first kappa shape index (κ1) is 14.5. The Balaban J connectivity index is 0.00000196. The number of rotatable bonds is 1. The monoisotopic (exact) mass is 247 g/mol. The molecule has 1 aliphatic carbocycles. The number of nitrogens with two attached hydrogens (primary N) is 1. The Morgan fingerprint density at radius 2 is 2.07 bits per heavy atom. The summed E-state index contributed by atoms with van der Waals surface area (Å²) in [6.45, 7) is 0. The van der Waals surface area contributed by atoms with E-state index in [1.807, 2.05) is 0 Å². The van der Waals surface area contributed by atoms with E-state index in [1.165, 1.54) is 0 Å². The molecule has 0 aliphatic heterocycles. The van der Waals surface area contributed by atoms with Crippen LogP contribution >= 0.6 is 12.4 Å². The molecule has 0 aromatic heterocycles. The van der Waals surface area contributed by atoms with Gasteiger partial charge in [-0.3, -0.25) is 4.79 Å².